The zero-order valence-corrected chi connectivity index (χ0v) is 17.4. The summed E-state index contributed by atoms with van der Waals surface area (Å²) in [5.74, 6) is -0.281. The minimum atomic E-state index is -0.188. The lowest BCUT2D eigenvalue weighted by molar-refractivity contribution is -0.145. The predicted molar refractivity (Wildman–Crippen MR) is 112 cm³/mol. The fourth-order valence-corrected chi connectivity index (χ4v) is 4.31. The summed E-state index contributed by atoms with van der Waals surface area (Å²) in [4.78, 5) is 37.9. The van der Waals surface area contributed by atoms with Crippen LogP contribution in [0.1, 0.15) is 89.3 Å². The smallest absolute Gasteiger partial charge is 0.308 e. The van der Waals surface area contributed by atoms with Gasteiger partial charge in [0.05, 0.1) is 13.0 Å². The first kappa shape index (κ1) is 21.0. The minimum absolute atomic E-state index is 0.0603. The van der Waals surface area contributed by atoms with Crippen molar-refractivity contribution in [1.82, 2.24) is 0 Å². The number of rotatable bonds is 8. The Labute approximate surface area is 172 Å². The molecule has 3 rings (SSSR count). The molecule has 0 fully saturated rings. The van der Waals surface area contributed by atoms with Crippen molar-refractivity contribution >= 4 is 17.5 Å². The summed E-state index contributed by atoms with van der Waals surface area (Å²) < 4.78 is 4.81. The van der Waals surface area contributed by atoms with Gasteiger partial charge < -0.3 is 4.74 Å². The second-order valence-electron chi connectivity index (χ2n) is 7.81. The summed E-state index contributed by atoms with van der Waals surface area (Å²) in [5.41, 5.74) is 3.02. The number of methoxy groups -OCH3 is 1. The summed E-state index contributed by atoms with van der Waals surface area (Å²) in [5, 5.41) is 0. The Kier molecular flexibility index (Phi) is 6.63. The first-order valence-electron chi connectivity index (χ1n) is 10.4. The molecule has 0 radical (unpaired) electrons. The Morgan fingerprint density at radius 2 is 1.55 bits per heavy atom. The van der Waals surface area contributed by atoms with Crippen LogP contribution in [0, 0.1) is 5.92 Å². The van der Waals surface area contributed by atoms with Crippen LogP contribution in [-0.2, 0) is 9.53 Å². The normalized spacial score (nSPS) is 14.7. The van der Waals surface area contributed by atoms with Crippen molar-refractivity contribution in [2.45, 2.75) is 51.9 Å². The Bertz CT molecular complexity index is 928. The molecule has 1 aliphatic carbocycles. The topological polar surface area (TPSA) is 60.4 Å². The van der Waals surface area contributed by atoms with E-state index in [2.05, 4.69) is 6.92 Å². The molecule has 2 unspecified atom stereocenters. The van der Waals surface area contributed by atoms with E-state index in [1.54, 1.807) is 30.3 Å². The zero-order valence-electron chi connectivity index (χ0n) is 17.4. The van der Waals surface area contributed by atoms with Crippen LogP contribution in [-0.4, -0.2) is 24.6 Å². The van der Waals surface area contributed by atoms with Crippen molar-refractivity contribution in [2.75, 3.05) is 7.11 Å². The summed E-state index contributed by atoms with van der Waals surface area (Å²) in [6, 6.07) is 12.7. The summed E-state index contributed by atoms with van der Waals surface area (Å²) in [6.07, 6.45) is 4.40. The van der Waals surface area contributed by atoms with Crippen molar-refractivity contribution < 1.29 is 19.1 Å². The van der Waals surface area contributed by atoms with Crippen LogP contribution in [0.4, 0.5) is 0 Å². The Morgan fingerprint density at radius 1 is 0.897 bits per heavy atom. The Balaban J connectivity index is 1.90. The number of esters is 1. The molecule has 0 spiro atoms. The van der Waals surface area contributed by atoms with Gasteiger partial charge >= 0.3 is 5.97 Å². The van der Waals surface area contributed by atoms with Crippen LogP contribution < -0.4 is 0 Å². The van der Waals surface area contributed by atoms with Crippen LogP contribution in [0.25, 0.3) is 0 Å². The summed E-state index contributed by atoms with van der Waals surface area (Å²) in [6.45, 7) is 4.01. The number of carbonyl (C=O) groups is 3. The first-order chi connectivity index (χ1) is 14.0. The van der Waals surface area contributed by atoms with Gasteiger partial charge in [0.15, 0.2) is 11.6 Å². The Hall–Kier alpha value is -2.75. The third-order valence-corrected chi connectivity index (χ3v) is 5.85. The molecule has 4 heteroatoms. The van der Waals surface area contributed by atoms with Crippen molar-refractivity contribution in [3.05, 3.63) is 70.3 Å². The lowest BCUT2D eigenvalue weighted by Crippen LogP contribution is -2.23. The second kappa shape index (κ2) is 9.17. The molecule has 29 heavy (non-hydrogen) atoms. The molecule has 2 aromatic rings. The fourth-order valence-electron chi connectivity index (χ4n) is 4.31. The molecule has 0 N–H and O–H groups in total. The minimum Gasteiger partial charge on any atom is -0.469 e. The molecule has 0 amide bonds. The summed E-state index contributed by atoms with van der Waals surface area (Å²) in [7, 11) is 1.41. The lowest BCUT2D eigenvalue weighted by atomic mass is 9.77. The van der Waals surface area contributed by atoms with Crippen molar-refractivity contribution in [3.63, 3.8) is 0 Å². The first-order valence-corrected chi connectivity index (χ1v) is 10.4. The highest BCUT2D eigenvalue weighted by Gasteiger charge is 2.32. The maximum Gasteiger partial charge on any atom is 0.308 e. The van der Waals surface area contributed by atoms with Gasteiger partial charge in [0.2, 0.25) is 0 Å². The number of ether oxygens (including phenoxy) is 1. The van der Waals surface area contributed by atoms with E-state index in [0.717, 1.165) is 37.7 Å². The molecule has 152 valence electrons. The molecule has 1 aliphatic rings. The highest BCUT2D eigenvalue weighted by atomic mass is 16.5. The molecule has 4 nitrogen and oxygen atoms in total. The van der Waals surface area contributed by atoms with Crippen LogP contribution in [0.5, 0.6) is 0 Å². The number of hydrogen-bond donors (Lipinski definition) is 0. The van der Waals surface area contributed by atoms with E-state index in [0.29, 0.717) is 22.3 Å². The van der Waals surface area contributed by atoms with Crippen LogP contribution in [0.15, 0.2) is 42.5 Å². The van der Waals surface area contributed by atoms with Gasteiger partial charge in [-0.1, -0.05) is 69.2 Å². The molecular formula is C25H28O4. The molecule has 0 heterocycles. The van der Waals surface area contributed by atoms with Gasteiger partial charge in [-0.3, -0.25) is 14.4 Å². The molecule has 0 aromatic heterocycles. The molecule has 0 saturated carbocycles. The summed E-state index contributed by atoms with van der Waals surface area (Å²) >= 11 is 0. The van der Waals surface area contributed by atoms with Crippen LogP contribution in [0.2, 0.25) is 0 Å². The third kappa shape index (κ3) is 4.16. The third-order valence-electron chi connectivity index (χ3n) is 5.85. The van der Waals surface area contributed by atoms with Gasteiger partial charge in [-0.2, -0.15) is 0 Å². The second-order valence-corrected chi connectivity index (χ2v) is 7.81. The molecule has 0 bridgehead atoms. The highest BCUT2D eigenvalue weighted by molar-refractivity contribution is 6.28. The molecule has 2 atom stereocenters. The molecular weight excluding hydrogens is 364 g/mol. The van der Waals surface area contributed by atoms with Gasteiger partial charge in [-0.25, -0.2) is 0 Å². The van der Waals surface area contributed by atoms with E-state index in [9.17, 15) is 14.4 Å². The molecule has 0 saturated heterocycles. The molecule has 0 aliphatic heterocycles. The standard InChI is InChI=1S/C25H28O4/c1-4-9-17(11-7-10-16(2)25(28)29-3)18-14-8-15-21-22(18)24(27)20-13-6-5-12-19(20)23(21)26/h5-6,8,12-17H,4,7,9-11H2,1-3H3. The van der Waals surface area contributed by atoms with Gasteiger partial charge in [0.25, 0.3) is 0 Å². The SMILES string of the molecule is CCCC(CCCC(C)C(=O)OC)c1cccc2c1C(=O)c1ccccc1C2=O. The maximum absolute atomic E-state index is 13.3. The van der Waals surface area contributed by atoms with Gasteiger partial charge in [0, 0.05) is 22.3 Å². The number of benzene rings is 2. The number of fused-ring (bicyclic) bond motifs is 2. The zero-order chi connectivity index (χ0) is 21.0. The lowest BCUT2D eigenvalue weighted by Gasteiger charge is -2.25. The van der Waals surface area contributed by atoms with Crippen molar-refractivity contribution in [2.24, 2.45) is 5.92 Å². The predicted octanol–water partition coefficient (Wildman–Crippen LogP) is 5.33. The van der Waals surface area contributed by atoms with Gasteiger partial charge in [0.1, 0.15) is 0 Å². The van der Waals surface area contributed by atoms with Gasteiger partial charge in [-0.05, 0) is 30.7 Å². The van der Waals surface area contributed by atoms with Crippen LogP contribution >= 0.6 is 0 Å². The van der Waals surface area contributed by atoms with Gasteiger partial charge in [-0.15, -0.1) is 0 Å². The van der Waals surface area contributed by atoms with Crippen molar-refractivity contribution in [3.8, 4) is 0 Å². The molecule has 2 aromatic carbocycles. The largest absolute Gasteiger partial charge is 0.469 e. The fraction of sp³-hybridized carbons (Fsp3) is 0.400. The maximum atomic E-state index is 13.3. The van der Waals surface area contributed by atoms with E-state index in [1.165, 1.54) is 7.11 Å². The average Bonchev–Trinajstić information content (AvgIpc) is 2.75. The van der Waals surface area contributed by atoms with Crippen molar-refractivity contribution in [1.29, 1.82) is 0 Å². The van der Waals surface area contributed by atoms with E-state index >= 15 is 0 Å². The highest BCUT2D eigenvalue weighted by Crippen LogP contribution is 2.36. The number of ketones is 2. The average molecular weight is 392 g/mol. The quantitative estimate of drug-likeness (QED) is 0.487. The van der Waals surface area contributed by atoms with E-state index in [4.69, 9.17) is 4.74 Å². The van der Waals surface area contributed by atoms with E-state index < -0.39 is 0 Å². The van der Waals surface area contributed by atoms with Crippen LogP contribution in [0.3, 0.4) is 0 Å². The number of carbonyl (C=O) groups excluding carboxylic acids is 3. The Morgan fingerprint density at radius 3 is 2.21 bits per heavy atom. The monoisotopic (exact) mass is 392 g/mol. The van der Waals surface area contributed by atoms with E-state index in [1.807, 2.05) is 19.1 Å². The number of hydrogen-bond acceptors (Lipinski definition) is 4. The van der Waals surface area contributed by atoms with E-state index in [-0.39, 0.29) is 29.4 Å².